The molecule has 1 saturated heterocycles. The number of nitrogens with zero attached hydrogens (tertiary/aromatic N) is 2. The number of carbonyl (C=O) groups excluding carboxylic acids is 2. The molecule has 43 heavy (non-hydrogen) atoms. The number of likely N-dealkylation sites (tertiary alicyclic amines) is 1. The van der Waals surface area contributed by atoms with Gasteiger partial charge < -0.3 is 19.5 Å². The summed E-state index contributed by atoms with van der Waals surface area (Å²) in [6.45, 7) is 1.23. The second kappa shape index (κ2) is 12.5. The van der Waals surface area contributed by atoms with Crippen molar-refractivity contribution in [2.75, 3.05) is 26.8 Å². The number of carbonyl (C=O) groups is 2. The van der Waals surface area contributed by atoms with E-state index in [1.807, 2.05) is 28.1 Å². The van der Waals surface area contributed by atoms with E-state index in [0.29, 0.717) is 66.7 Å². The van der Waals surface area contributed by atoms with Crippen LogP contribution in [0.15, 0.2) is 66.9 Å². The molecule has 1 aliphatic heterocycles. The van der Waals surface area contributed by atoms with Gasteiger partial charge in [0, 0.05) is 50.4 Å². The van der Waals surface area contributed by atoms with Gasteiger partial charge >= 0.3 is 12.1 Å². The number of ether oxygens (including phenoxy) is 1. The third-order valence-corrected chi connectivity index (χ3v) is 7.80. The standard InChI is InChI=1S/C32H30F5N3O3/c1-43-15-14-40-19-26(29-24(6-3-7-28(29)40)22-4-2-5-23(33)17-22)30(41)39-12-10-21(11-13-39)25-16-20(8-9-27(25)34)18-38-31(42)32(35,36)37/h2-9,16-17,19,21H,10-15,18H2,1H3,(H,38,42). The van der Waals surface area contributed by atoms with Crippen LogP contribution in [0.1, 0.15) is 40.2 Å². The number of fused-ring (bicyclic) bond motifs is 1. The van der Waals surface area contributed by atoms with Crippen LogP contribution >= 0.6 is 0 Å². The van der Waals surface area contributed by atoms with E-state index in [2.05, 4.69) is 0 Å². The molecule has 0 saturated carbocycles. The summed E-state index contributed by atoms with van der Waals surface area (Å²) in [4.78, 5) is 26.8. The van der Waals surface area contributed by atoms with Gasteiger partial charge in [0.15, 0.2) is 0 Å². The molecule has 0 radical (unpaired) electrons. The van der Waals surface area contributed by atoms with E-state index in [9.17, 15) is 31.5 Å². The number of hydrogen-bond acceptors (Lipinski definition) is 3. The van der Waals surface area contributed by atoms with E-state index in [4.69, 9.17) is 4.74 Å². The first-order chi connectivity index (χ1) is 20.6. The Morgan fingerprint density at radius 1 is 1.00 bits per heavy atom. The van der Waals surface area contributed by atoms with Gasteiger partial charge in [-0.25, -0.2) is 8.78 Å². The Bertz CT molecular complexity index is 1640. The Labute approximate surface area is 245 Å². The van der Waals surface area contributed by atoms with Crippen molar-refractivity contribution in [3.63, 3.8) is 0 Å². The number of nitrogens with one attached hydrogen (secondary N) is 1. The third kappa shape index (κ3) is 6.56. The third-order valence-electron chi connectivity index (χ3n) is 7.80. The molecule has 5 rings (SSSR count). The van der Waals surface area contributed by atoms with E-state index in [1.165, 1.54) is 30.3 Å². The topological polar surface area (TPSA) is 63.6 Å². The van der Waals surface area contributed by atoms with Gasteiger partial charge in [0.1, 0.15) is 11.6 Å². The van der Waals surface area contributed by atoms with Crippen LogP contribution in [-0.4, -0.2) is 54.3 Å². The van der Waals surface area contributed by atoms with Gasteiger partial charge in [0.05, 0.1) is 12.2 Å². The van der Waals surface area contributed by atoms with Crippen LogP contribution < -0.4 is 5.32 Å². The predicted octanol–water partition coefficient (Wildman–Crippen LogP) is 6.43. The lowest BCUT2D eigenvalue weighted by atomic mass is 9.88. The van der Waals surface area contributed by atoms with Crippen molar-refractivity contribution in [1.29, 1.82) is 0 Å². The lowest BCUT2D eigenvalue weighted by molar-refractivity contribution is -0.173. The van der Waals surface area contributed by atoms with Gasteiger partial charge in [-0.2, -0.15) is 13.2 Å². The van der Waals surface area contributed by atoms with E-state index in [0.717, 1.165) is 11.1 Å². The van der Waals surface area contributed by atoms with Crippen molar-refractivity contribution in [1.82, 2.24) is 14.8 Å². The maximum Gasteiger partial charge on any atom is 0.471 e. The lowest BCUT2D eigenvalue weighted by Crippen LogP contribution is -2.38. The second-order valence-corrected chi connectivity index (χ2v) is 10.5. The van der Waals surface area contributed by atoms with Crippen LogP contribution in [-0.2, 0) is 22.6 Å². The number of rotatable bonds is 8. The summed E-state index contributed by atoms with van der Waals surface area (Å²) in [6, 6.07) is 15.8. The minimum Gasteiger partial charge on any atom is -0.383 e. The van der Waals surface area contributed by atoms with Crippen molar-refractivity contribution >= 4 is 22.7 Å². The number of hydrogen-bond donors (Lipinski definition) is 1. The van der Waals surface area contributed by atoms with Crippen molar-refractivity contribution in [2.24, 2.45) is 0 Å². The summed E-state index contributed by atoms with van der Waals surface area (Å²) in [6.07, 6.45) is -2.32. The van der Waals surface area contributed by atoms with Crippen LogP contribution in [0.5, 0.6) is 0 Å². The monoisotopic (exact) mass is 599 g/mol. The molecule has 1 N–H and O–H groups in total. The molecule has 1 aromatic heterocycles. The van der Waals surface area contributed by atoms with Crippen LogP contribution in [0.4, 0.5) is 22.0 Å². The number of methoxy groups -OCH3 is 1. The summed E-state index contributed by atoms with van der Waals surface area (Å²) in [5, 5.41) is 2.51. The first kappa shape index (κ1) is 30.2. The van der Waals surface area contributed by atoms with Crippen LogP contribution in [0.25, 0.3) is 22.0 Å². The Hall–Kier alpha value is -4.25. The van der Waals surface area contributed by atoms with Crippen molar-refractivity contribution in [3.8, 4) is 11.1 Å². The molecule has 0 bridgehead atoms. The van der Waals surface area contributed by atoms with E-state index >= 15 is 0 Å². The lowest BCUT2D eigenvalue weighted by Gasteiger charge is -2.32. The first-order valence-electron chi connectivity index (χ1n) is 13.9. The fourth-order valence-corrected chi connectivity index (χ4v) is 5.65. The number of halogens is 5. The quantitative estimate of drug-likeness (QED) is 0.238. The molecular formula is C32H30F5N3O3. The fraction of sp³-hybridized carbons (Fsp3) is 0.312. The number of benzene rings is 3. The van der Waals surface area contributed by atoms with Gasteiger partial charge in [-0.1, -0.05) is 36.4 Å². The molecule has 0 unspecified atom stereocenters. The molecule has 2 heterocycles. The Morgan fingerprint density at radius 2 is 1.74 bits per heavy atom. The summed E-state index contributed by atoms with van der Waals surface area (Å²) < 4.78 is 73.8. The molecule has 1 fully saturated rings. The molecule has 11 heteroatoms. The Kier molecular flexibility index (Phi) is 8.82. The smallest absolute Gasteiger partial charge is 0.383 e. The zero-order valence-electron chi connectivity index (χ0n) is 23.4. The van der Waals surface area contributed by atoms with Crippen LogP contribution in [0.2, 0.25) is 0 Å². The fourth-order valence-electron chi connectivity index (χ4n) is 5.65. The summed E-state index contributed by atoms with van der Waals surface area (Å²) in [5.74, 6) is -3.39. The Morgan fingerprint density at radius 3 is 2.44 bits per heavy atom. The summed E-state index contributed by atoms with van der Waals surface area (Å²) >= 11 is 0. The molecule has 6 nitrogen and oxygen atoms in total. The molecule has 0 aliphatic carbocycles. The zero-order valence-corrected chi connectivity index (χ0v) is 23.4. The van der Waals surface area contributed by atoms with E-state index in [1.54, 1.807) is 30.3 Å². The van der Waals surface area contributed by atoms with E-state index in [-0.39, 0.29) is 24.2 Å². The molecule has 0 spiro atoms. The molecule has 0 atom stereocenters. The van der Waals surface area contributed by atoms with Crippen LogP contribution in [0.3, 0.4) is 0 Å². The Balaban J connectivity index is 1.37. The maximum absolute atomic E-state index is 14.8. The molecule has 3 aromatic carbocycles. The number of aromatic nitrogens is 1. The van der Waals surface area contributed by atoms with Crippen molar-refractivity contribution in [2.45, 2.75) is 38.0 Å². The average molecular weight is 600 g/mol. The minimum absolute atomic E-state index is 0.201. The van der Waals surface area contributed by atoms with Gasteiger partial charge in [-0.15, -0.1) is 0 Å². The summed E-state index contributed by atoms with van der Waals surface area (Å²) in [7, 11) is 1.59. The van der Waals surface area contributed by atoms with E-state index < -0.39 is 17.9 Å². The number of alkyl halides is 3. The number of amides is 2. The maximum atomic E-state index is 14.8. The van der Waals surface area contributed by atoms with Gasteiger partial charge in [-0.05, 0) is 65.3 Å². The minimum atomic E-state index is -5.00. The van der Waals surface area contributed by atoms with Crippen molar-refractivity contribution < 1.29 is 36.3 Å². The highest BCUT2D eigenvalue weighted by Crippen LogP contribution is 2.36. The molecular weight excluding hydrogens is 569 g/mol. The SMILES string of the molecule is COCCn1cc(C(=O)N2CCC(c3cc(CNC(=O)C(F)(F)F)ccc3F)CC2)c2c(-c3cccc(F)c3)cccc21. The largest absolute Gasteiger partial charge is 0.471 e. The highest BCUT2D eigenvalue weighted by atomic mass is 19.4. The second-order valence-electron chi connectivity index (χ2n) is 10.5. The van der Waals surface area contributed by atoms with Gasteiger partial charge in [-0.3, -0.25) is 9.59 Å². The highest BCUT2D eigenvalue weighted by Gasteiger charge is 2.38. The first-order valence-corrected chi connectivity index (χ1v) is 13.9. The van der Waals surface area contributed by atoms with Gasteiger partial charge in [0.2, 0.25) is 0 Å². The average Bonchev–Trinajstić information content (AvgIpc) is 3.37. The number of piperidine rings is 1. The van der Waals surface area contributed by atoms with Crippen molar-refractivity contribution in [3.05, 3.63) is 95.2 Å². The molecule has 226 valence electrons. The van der Waals surface area contributed by atoms with Gasteiger partial charge in [0.25, 0.3) is 5.91 Å². The summed E-state index contributed by atoms with van der Waals surface area (Å²) in [5.41, 5.74) is 3.34. The molecule has 1 aliphatic rings. The molecule has 2 amide bonds. The molecule has 4 aromatic rings. The zero-order chi connectivity index (χ0) is 30.7. The van der Waals surface area contributed by atoms with Crippen LogP contribution in [0, 0.1) is 11.6 Å². The predicted molar refractivity (Wildman–Crippen MR) is 151 cm³/mol. The normalized spacial score (nSPS) is 14.3. The highest BCUT2D eigenvalue weighted by molar-refractivity contribution is 6.12.